The molecule has 2 N–H and O–H groups in total. The number of ether oxygens (including phenoxy) is 2. The smallest absolute Gasteiger partial charge is 0.250 e. The quantitative estimate of drug-likeness (QED) is 0.664. The Balaban J connectivity index is 1.55. The van der Waals surface area contributed by atoms with E-state index in [4.69, 9.17) is 21.7 Å². The molecule has 1 heterocycles. The molecular formula is C18H16N2O3S. The van der Waals surface area contributed by atoms with Crippen molar-refractivity contribution in [3.63, 3.8) is 0 Å². The van der Waals surface area contributed by atoms with Gasteiger partial charge in [0.25, 0.3) is 0 Å². The van der Waals surface area contributed by atoms with Crippen LogP contribution in [0.15, 0.2) is 54.6 Å². The summed E-state index contributed by atoms with van der Waals surface area (Å²) in [5.74, 6) is 1.06. The van der Waals surface area contributed by atoms with E-state index in [1.807, 2.05) is 36.4 Å². The second-order valence-electron chi connectivity index (χ2n) is 5.05. The van der Waals surface area contributed by atoms with E-state index in [-0.39, 0.29) is 11.0 Å². The van der Waals surface area contributed by atoms with E-state index in [2.05, 4.69) is 10.6 Å². The molecule has 0 saturated carbocycles. The monoisotopic (exact) mass is 340 g/mol. The Labute approximate surface area is 145 Å². The van der Waals surface area contributed by atoms with Gasteiger partial charge in [-0.1, -0.05) is 30.3 Å². The van der Waals surface area contributed by atoms with Gasteiger partial charge in [0.05, 0.1) is 0 Å². The SMILES string of the molecule is O=C(/C=C/c1ccccc1)NC(=S)Nc1ccc2c(c1)OCCO2. The van der Waals surface area contributed by atoms with Crippen molar-refractivity contribution in [1.82, 2.24) is 5.32 Å². The van der Waals surface area contributed by atoms with Gasteiger partial charge in [-0.3, -0.25) is 10.1 Å². The fourth-order valence-corrected chi connectivity index (χ4v) is 2.39. The van der Waals surface area contributed by atoms with Crippen molar-refractivity contribution in [2.24, 2.45) is 0 Å². The largest absolute Gasteiger partial charge is 0.486 e. The van der Waals surface area contributed by atoms with Gasteiger partial charge in [0.15, 0.2) is 16.6 Å². The summed E-state index contributed by atoms with van der Waals surface area (Å²) in [6.07, 6.45) is 3.16. The van der Waals surface area contributed by atoms with Gasteiger partial charge in [0.2, 0.25) is 5.91 Å². The first-order valence-electron chi connectivity index (χ1n) is 7.45. The topological polar surface area (TPSA) is 59.6 Å². The van der Waals surface area contributed by atoms with Gasteiger partial charge in [0, 0.05) is 17.8 Å². The number of nitrogens with one attached hydrogen (secondary N) is 2. The molecule has 0 unspecified atom stereocenters. The van der Waals surface area contributed by atoms with E-state index < -0.39 is 0 Å². The zero-order valence-corrected chi connectivity index (χ0v) is 13.6. The number of hydrogen-bond acceptors (Lipinski definition) is 4. The van der Waals surface area contributed by atoms with Crippen molar-refractivity contribution in [2.75, 3.05) is 18.5 Å². The number of carbonyl (C=O) groups is 1. The fraction of sp³-hybridized carbons (Fsp3) is 0.111. The highest BCUT2D eigenvalue weighted by atomic mass is 32.1. The van der Waals surface area contributed by atoms with E-state index in [0.29, 0.717) is 24.7 Å². The van der Waals surface area contributed by atoms with Crippen molar-refractivity contribution in [3.8, 4) is 11.5 Å². The average molecular weight is 340 g/mol. The molecule has 2 aromatic carbocycles. The molecule has 1 aliphatic rings. The van der Waals surface area contributed by atoms with Gasteiger partial charge in [-0.15, -0.1) is 0 Å². The normalized spacial score (nSPS) is 12.7. The number of rotatable bonds is 3. The van der Waals surface area contributed by atoms with E-state index in [0.717, 1.165) is 11.3 Å². The van der Waals surface area contributed by atoms with Crippen LogP contribution in [0, 0.1) is 0 Å². The number of anilines is 1. The standard InChI is InChI=1S/C18H16N2O3S/c21-17(9-6-13-4-2-1-3-5-13)20-18(24)19-14-7-8-15-16(12-14)23-11-10-22-15/h1-9,12H,10-11H2,(H2,19,20,21,24)/b9-6+. The molecule has 0 aliphatic carbocycles. The molecule has 0 radical (unpaired) electrons. The Bertz CT molecular complexity index is 775. The Hall–Kier alpha value is -2.86. The molecule has 0 atom stereocenters. The molecule has 0 bridgehead atoms. The summed E-state index contributed by atoms with van der Waals surface area (Å²) >= 11 is 5.15. The van der Waals surface area contributed by atoms with Crippen LogP contribution in [0.2, 0.25) is 0 Å². The summed E-state index contributed by atoms with van der Waals surface area (Å²) in [6, 6.07) is 15.0. The molecule has 1 amide bonds. The van der Waals surface area contributed by atoms with Crippen molar-refractivity contribution in [3.05, 3.63) is 60.2 Å². The number of fused-ring (bicyclic) bond motifs is 1. The summed E-state index contributed by atoms with van der Waals surface area (Å²) in [7, 11) is 0. The summed E-state index contributed by atoms with van der Waals surface area (Å²) in [5, 5.41) is 5.77. The Morgan fingerprint density at radius 3 is 2.58 bits per heavy atom. The fourth-order valence-electron chi connectivity index (χ4n) is 2.17. The second kappa shape index (κ2) is 7.61. The molecular weight excluding hydrogens is 324 g/mol. The molecule has 0 spiro atoms. The third kappa shape index (κ3) is 4.33. The molecule has 0 saturated heterocycles. The Morgan fingerprint density at radius 1 is 1.04 bits per heavy atom. The van der Waals surface area contributed by atoms with Gasteiger partial charge in [-0.2, -0.15) is 0 Å². The lowest BCUT2D eigenvalue weighted by Crippen LogP contribution is -2.32. The number of carbonyl (C=O) groups excluding carboxylic acids is 1. The highest BCUT2D eigenvalue weighted by Crippen LogP contribution is 2.32. The minimum atomic E-state index is -0.297. The third-order valence-corrected chi connectivity index (χ3v) is 3.47. The zero-order valence-electron chi connectivity index (χ0n) is 12.8. The number of benzene rings is 2. The maximum atomic E-state index is 11.9. The van der Waals surface area contributed by atoms with Gasteiger partial charge >= 0.3 is 0 Å². The van der Waals surface area contributed by atoms with E-state index in [1.54, 1.807) is 18.2 Å². The maximum Gasteiger partial charge on any atom is 0.250 e. The number of amides is 1. The summed E-state index contributed by atoms with van der Waals surface area (Å²) in [6.45, 7) is 1.06. The van der Waals surface area contributed by atoms with Crippen LogP contribution >= 0.6 is 12.2 Å². The van der Waals surface area contributed by atoms with E-state index >= 15 is 0 Å². The second-order valence-corrected chi connectivity index (χ2v) is 5.45. The van der Waals surface area contributed by atoms with E-state index in [9.17, 15) is 4.79 Å². The molecule has 3 rings (SSSR count). The third-order valence-electron chi connectivity index (χ3n) is 3.26. The van der Waals surface area contributed by atoms with Crippen LogP contribution in [0.1, 0.15) is 5.56 Å². The number of thiocarbonyl (C=S) groups is 1. The van der Waals surface area contributed by atoms with Crippen molar-refractivity contribution >= 4 is 35.0 Å². The molecule has 122 valence electrons. The van der Waals surface area contributed by atoms with Crippen LogP contribution in [-0.2, 0) is 4.79 Å². The van der Waals surface area contributed by atoms with Crippen LogP contribution in [0.3, 0.4) is 0 Å². The first kappa shape index (κ1) is 16.0. The van der Waals surface area contributed by atoms with E-state index in [1.165, 1.54) is 6.08 Å². The molecule has 1 aliphatic heterocycles. The minimum Gasteiger partial charge on any atom is -0.486 e. The molecule has 0 aromatic heterocycles. The van der Waals surface area contributed by atoms with Crippen LogP contribution in [0.25, 0.3) is 6.08 Å². The summed E-state index contributed by atoms with van der Waals surface area (Å²) in [5.41, 5.74) is 1.66. The molecule has 2 aromatic rings. The van der Waals surface area contributed by atoms with Crippen LogP contribution in [0.4, 0.5) is 5.69 Å². The Kier molecular flexibility index (Phi) is 5.08. The first-order chi connectivity index (χ1) is 11.7. The number of hydrogen-bond donors (Lipinski definition) is 2. The average Bonchev–Trinajstić information content (AvgIpc) is 2.60. The zero-order chi connectivity index (χ0) is 16.8. The Morgan fingerprint density at radius 2 is 1.79 bits per heavy atom. The highest BCUT2D eigenvalue weighted by Gasteiger charge is 2.12. The molecule has 0 fully saturated rings. The van der Waals surface area contributed by atoms with Crippen LogP contribution in [-0.4, -0.2) is 24.2 Å². The molecule has 24 heavy (non-hydrogen) atoms. The van der Waals surface area contributed by atoms with Crippen LogP contribution < -0.4 is 20.1 Å². The van der Waals surface area contributed by atoms with Gasteiger partial charge in [-0.25, -0.2) is 0 Å². The van der Waals surface area contributed by atoms with Crippen LogP contribution in [0.5, 0.6) is 11.5 Å². The van der Waals surface area contributed by atoms with Crippen molar-refractivity contribution in [2.45, 2.75) is 0 Å². The maximum absolute atomic E-state index is 11.9. The minimum absolute atomic E-state index is 0.217. The highest BCUT2D eigenvalue weighted by molar-refractivity contribution is 7.80. The van der Waals surface area contributed by atoms with Crippen molar-refractivity contribution in [1.29, 1.82) is 0 Å². The summed E-state index contributed by atoms with van der Waals surface area (Å²) < 4.78 is 11.0. The summed E-state index contributed by atoms with van der Waals surface area (Å²) in [4.78, 5) is 11.9. The lowest BCUT2D eigenvalue weighted by molar-refractivity contribution is -0.115. The molecule has 6 heteroatoms. The predicted molar refractivity (Wildman–Crippen MR) is 97.3 cm³/mol. The van der Waals surface area contributed by atoms with Crippen molar-refractivity contribution < 1.29 is 14.3 Å². The molecule has 5 nitrogen and oxygen atoms in total. The lowest BCUT2D eigenvalue weighted by atomic mass is 10.2. The lowest BCUT2D eigenvalue weighted by Gasteiger charge is -2.19. The van der Waals surface area contributed by atoms with Gasteiger partial charge in [-0.05, 0) is 36.0 Å². The van der Waals surface area contributed by atoms with Gasteiger partial charge in [0.1, 0.15) is 13.2 Å². The van der Waals surface area contributed by atoms with Gasteiger partial charge < -0.3 is 14.8 Å². The first-order valence-corrected chi connectivity index (χ1v) is 7.86. The predicted octanol–water partition coefficient (Wildman–Crippen LogP) is 2.98.